The van der Waals surface area contributed by atoms with Crippen LogP contribution in [0.1, 0.15) is 12.8 Å². The summed E-state index contributed by atoms with van der Waals surface area (Å²) in [4.78, 5) is 0. The van der Waals surface area contributed by atoms with Gasteiger partial charge >= 0.3 is 0 Å². The van der Waals surface area contributed by atoms with E-state index in [1.165, 1.54) is 0 Å². The first-order valence-corrected chi connectivity index (χ1v) is 2.65. The molecule has 2 heteroatoms. The second-order valence-electron chi connectivity index (χ2n) is 2.76. The standard InChI is InChI=1S/C5H8FN/c6-4-2-5(7)1-3(4)5/h3-4H,1-2,7H2/t3?,4-,5?/m1/s1. The van der Waals surface area contributed by atoms with Crippen molar-refractivity contribution in [3.8, 4) is 0 Å². The smallest absolute Gasteiger partial charge is 0.106 e. The minimum atomic E-state index is -0.551. The van der Waals surface area contributed by atoms with E-state index in [9.17, 15) is 4.39 Å². The molecule has 0 radical (unpaired) electrons. The molecule has 0 bridgehead atoms. The molecule has 2 N–H and O–H groups in total. The van der Waals surface area contributed by atoms with Crippen LogP contribution in [-0.4, -0.2) is 11.7 Å². The summed E-state index contributed by atoms with van der Waals surface area (Å²) in [6.07, 6.45) is 1.01. The van der Waals surface area contributed by atoms with Gasteiger partial charge in [0.05, 0.1) is 0 Å². The molecule has 0 amide bonds. The van der Waals surface area contributed by atoms with Gasteiger partial charge in [0.2, 0.25) is 0 Å². The Morgan fingerprint density at radius 1 is 1.57 bits per heavy atom. The number of hydrogen-bond acceptors (Lipinski definition) is 1. The molecule has 0 aromatic rings. The highest BCUT2D eigenvalue weighted by Gasteiger charge is 2.65. The van der Waals surface area contributed by atoms with Gasteiger partial charge in [0.1, 0.15) is 6.17 Å². The normalized spacial score (nSPS) is 66.0. The average Bonchev–Trinajstić information content (AvgIpc) is 2.10. The maximum Gasteiger partial charge on any atom is 0.106 e. The molecule has 0 spiro atoms. The van der Waals surface area contributed by atoms with Crippen molar-refractivity contribution in [2.24, 2.45) is 11.7 Å². The van der Waals surface area contributed by atoms with Crippen molar-refractivity contribution < 1.29 is 4.39 Å². The number of nitrogens with two attached hydrogens (primary N) is 1. The predicted octanol–water partition coefficient (Wildman–Crippen LogP) is 0.446. The lowest BCUT2D eigenvalue weighted by Crippen LogP contribution is -2.40. The molecule has 40 valence electrons. The molecule has 2 aliphatic carbocycles. The average molecular weight is 101 g/mol. The Labute approximate surface area is 41.7 Å². The molecule has 2 saturated carbocycles. The van der Waals surface area contributed by atoms with Crippen molar-refractivity contribution in [2.45, 2.75) is 24.6 Å². The van der Waals surface area contributed by atoms with Gasteiger partial charge in [-0.25, -0.2) is 4.39 Å². The molecule has 0 aliphatic heterocycles. The van der Waals surface area contributed by atoms with E-state index in [0.717, 1.165) is 6.42 Å². The Bertz CT molecular complexity index is 115. The van der Waals surface area contributed by atoms with E-state index in [1.54, 1.807) is 0 Å². The first-order valence-electron chi connectivity index (χ1n) is 2.65. The van der Waals surface area contributed by atoms with E-state index in [0.29, 0.717) is 6.42 Å². The molecule has 0 aromatic heterocycles. The molecular weight excluding hydrogens is 93.1 g/mol. The summed E-state index contributed by atoms with van der Waals surface area (Å²) in [5.41, 5.74) is 5.53. The highest BCUT2D eigenvalue weighted by Crippen LogP contribution is 2.58. The third kappa shape index (κ3) is 0.278. The molecule has 2 fully saturated rings. The van der Waals surface area contributed by atoms with Crippen LogP contribution in [0.5, 0.6) is 0 Å². The SMILES string of the molecule is NC12CC1[C@H](F)C2. The molecule has 1 nitrogen and oxygen atoms in total. The summed E-state index contributed by atoms with van der Waals surface area (Å²) < 4.78 is 12.1. The Kier molecular flexibility index (Phi) is 0.400. The van der Waals surface area contributed by atoms with Gasteiger partial charge < -0.3 is 5.73 Å². The van der Waals surface area contributed by atoms with Gasteiger partial charge in [-0.3, -0.25) is 0 Å². The Hall–Kier alpha value is -0.110. The first-order chi connectivity index (χ1) is 3.22. The van der Waals surface area contributed by atoms with E-state index in [4.69, 9.17) is 5.73 Å². The number of hydrogen-bond donors (Lipinski definition) is 1. The zero-order chi connectivity index (χ0) is 5.07. The van der Waals surface area contributed by atoms with Crippen LogP contribution >= 0.6 is 0 Å². The third-order valence-electron chi connectivity index (χ3n) is 2.19. The molecular formula is C5H8FN. The highest BCUT2D eigenvalue weighted by molar-refractivity contribution is 5.21. The van der Waals surface area contributed by atoms with Crippen LogP contribution in [0.4, 0.5) is 4.39 Å². The fourth-order valence-electron chi connectivity index (χ4n) is 1.42. The van der Waals surface area contributed by atoms with E-state index in [1.807, 2.05) is 0 Å². The van der Waals surface area contributed by atoms with Gasteiger partial charge in [-0.05, 0) is 12.8 Å². The molecule has 0 heterocycles. The zero-order valence-electron chi connectivity index (χ0n) is 4.02. The highest BCUT2D eigenvalue weighted by atomic mass is 19.1. The van der Waals surface area contributed by atoms with Crippen molar-refractivity contribution in [1.29, 1.82) is 0 Å². The Morgan fingerprint density at radius 3 is 2.29 bits per heavy atom. The zero-order valence-corrected chi connectivity index (χ0v) is 4.02. The van der Waals surface area contributed by atoms with E-state index >= 15 is 0 Å². The second kappa shape index (κ2) is 0.730. The number of halogens is 1. The number of rotatable bonds is 0. The number of alkyl halides is 1. The molecule has 7 heavy (non-hydrogen) atoms. The molecule has 2 aliphatic rings. The monoisotopic (exact) mass is 101 g/mol. The lowest BCUT2D eigenvalue weighted by molar-refractivity contribution is 0.171. The summed E-state index contributed by atoms with van der Waals surface area (Å²) in [5, 5.41) is 0. The van der Waals surface area contributed by atoms with Gasteiger partial charge in [-0.1, -0.05) is 0 Å². The Morgan fingerprint density at radius 2 is 2.29 bits per heavy atom. The molecule has 2 unspecified atom stereocenters. The van der Waals surface area contributed by atoms with Crippen molar-refractivity contribution in [2.75, 3.05) is 0 Å². The van der Waals surface area contributed by atoms with E-state index in [-0.39, 0.29) is 11.5 Å². The van der Waals surface area contributed by atoms with Crippen LogP contribution in [0.3, 0.4) is 0 Å². The summed E-state index contributed by atoms with van der Waals surface area (Å²) >= 11 is 0. The van der Waals surface area contributed by atoms with Crippen molar-refractivity contribution in [1.82, 2.24) is 0 Å². The molecule has 2 rings (SSSR count). The number of fused-ring (bicyclic) bond motifs is 1. The minimum Gasteiger partial charge on any atom is -0.325 e. The molecule has 0 saturated heterocycles. The predicted molar refractivity (Wildman–Crippen MR) is 24.5 cm³/mol. The van der Waals surface area contributed by atoms with Crippen LogP contribution in [0.2, 0.25) is 0 Å². The largest absolute Gasteiger partial charge is 0.325 e. The summed E-state index contributed by atoms with van der Waals surface area (Å²) in [5.74, 6) is 0.257. The van der Waals surface area contributed by atoms with E-state index in [2.05, 4.69) is 0 Å². The lowest BCUT2D eigenvalue weighted by Gasteiger charge is -2.24. The van der Waals surface area contributed by atoms with Crippen LogP contribution in [0.25, 0.3) is 0 Å². The molecule has 0 aromatic carbocycles. The van der Waals surface area contributed by atoms with Crippen LogP contribution in [0, 0.1) is 5.92 Å². The Balaban J connectivity index is 2.12. The lowest BCUT2D eigenvalue weighted by atomic mass is 9.92. The van der Waals surface area contributed by atoms with Gasteiger partial charge in [-0.15, -0.1) is 0 Å². The minimum absolute atomic E-state index is 0.0145. The summed E-state index contributed by atoms with van der Waals surface area (Å²) in [6.45, 7) is 0. The summed E-state index contributed by atoms with van der Waals surface area (Å²) in [7, 11) is 0. The van der Waals surface area contributed by atoms with Gasteiger partial charge in [-0.2, -0.15) is 0 Å². The summed E-state index contributed by atoms with van der Waals surface area (Å²) in [6, 6.07) is 0. The van der Waals surface area contributed by atoms with Crippen molar-refractivity contribution >= 4 is 0 Å². The van der Waals surface area contributed by atoms with Gasteiger partial charge in [0, 0.05) is 11.5 Å². The first kappa shape index (κ1) is 3.84. The second-order valence-corrected chi connectivity index (χ2v) is 2.76. The fourth-order valence-corrected chi connectivity index (χ4v) is 1.42. The van der Waals surface area contributed by atoms with Crippen LogP contribution < -0.4 is 5.73 Å². The van der Waals surface area contributed by atoms with Gasteiger partial charge in [0.25, 0.3) is 0 Å². The van der Waals surface area contributed by atoms with Gasteiger partial charge in [0.15, 0.2) is 0 Å². The third-order valence-corrected chi connectivity index (χ3v) is 2.19. The fraction of sp³-hybridized carbons (Fsp3) is 1.00. The molecule has 3 atom stereocenters. The quantitative estimate of drug-likeness (QED) is 0.471. The maximum absolute atomic E-state index is 12.1. The topological polar surface area (TPSA) is 26.0 Å². The van der Waals surface area contributed by atoms with E-state index < -0.39 is 6.17 Å². The van der Waals surface area contributed by atoms with Crippen LogP contribution in [0.15, 0.2) is 0 Å². The van der Waals surface area contributed by atoms with Crippen LogP contribution in [-0.2, 0) is 0 Å². The van der Waals surface area contributed by atoms with Crippen molar-refractivity contribution in [3.63, 3.8) is 0 Å². The van der Waals surface area contributed by atoms with Crippen molar-refractivity contribution in [3.05, 3.63) is 0 Å². The maximum atomic E-state index is 12.1.